The molecule has 0 aliphatic rings. The molecule has 0 radical (unpaired) electrons. The largest absolute Gasteiger partial charge is 0.497 e. The van der Waals surface area contributed by atoms with Crippen LogP contribution < -0.4 is 14.2 Å². The van der Waals surface area contributed by atoms with Crippen LogP contribution in [0.15, 0.2) is 71.5 Å². The van der Waals surface area contributed by atoms with Crippen LogP contribution in [0.3, 0.4) is 0 Å². The van der Waals surface area contributed by atoms with Crippen molar-refractivity contribution in [1.29, 1.82) is 0 Å². The fourth-order valence-corrected chi connectivity index (χ4v) is 3.61. The lowest BCUT2D eigenvalue weighted by atomic mass is 9.96. The molecule has 0 amide bonds. The van der Waals surface area contributed by atoms with Gasteiger partial charge in [0, 0.05) is 5.56 Å². The molecule has 0 atom stereocenters. The number of hydrogen-bond acceptors (Lipinski definition) is 7. The van der Waals surface area contributed by atoms with E-state index in [-0.39, 0.29) is 11.4 Å². The van der Waals surface area contributed by atoms with Gasteiger partial charge in [-0.05, 0) is 35.9 Å². The number of methoxy groups -OCH3 is 3. The molecule has 0 bridgehead atoms. The van der Waals surface area contributed by atoms with E-state index in [4.69, 9.17) is 18.6 Å². The first-order chi connectivity index (χ1) is 15.6. The Bertz CT molecular complexity index is 1250. The van der Waals surface area contributed by atoms with Crippen molar-refractivity contribution in [2.45, 2.75) is 0 Å². The third kappa shape index (κ3) is 3.62. The topological polar surface area (TPSA) is 96.9 Å². The van der Waals surface area contributed by atoms with Crippen LogP contribution in [0.25, 0.3) is 33.7 Å². The van der Waals surface area contributed by atoms with Crippen molar-refractivity contribution in [2.24, 2.45) is 0 Å². The number of nitro benzene ring substituents is 1. The molecule has 0 N–H and O–H groups in total. The lowest BCUT2D eigenvalue weighted by Gasteiger charge is -2.15. The standard InChI is InChI=1S/C24H20N2O6/c1-29-17-11-9-16(10-12-17)21-23(32-14-25-21)18-13-19(30-2)20(15-7-5-4-6-8-15)22(26(27)28)24(18)31-3/h4-14H,1-3H3. The van der Waals surface area contributed by atoms with E-state index in [9.17, 15) is 10.1 Å². The van der Waals surface area contributed by atoms with Gasteiger partial charge in [-0.3, -0.25) is 10.1 Å². The Balaban J connectivity index is 1.98. The van der Waals surface area contributed by atoms with E-state index < -0.39 is 4.92 Å². The van der Waals surface area contributed by atoms with Crippen LogP contribution in [0, 0.1) is 10.1 Å². The first kappa shape index (κ1) is 20.9. The summed E-state index contributed by atoms with van der Waals surface area (Å²) in [5, 5.41) is 12.2. The summed E-state index contributed by atoms with van der Waals surface area (Å²) in [6, 6.07) is 17.9. The quantitative estimate of drug-likeness (QED) is 0.277. The SMILES string of the molecule is COc1ccc(-c2ncoc2-c2cc(OC)c(-c3ccccc3)c([N+](=O)[O-])c2OC)cc1. The van der Waals surface area contributed by atoms with Gasteiger partial charge in [0.15, 0.2) is 12.2 Å². The van der Waals surface area contributed by atoms with Gasteiger partial charge >= 0.3 is 5.69 Å². The summed E-state index contributed by atoms with van der Waals surface area (Å²) in [5.41, 5.74) is 2.36. The van der Waals surface area contributed by atoms with E-state index in [1.165, 1.54) is 20.6 Å². The van der Waals surface area contributed by atoms with Gasteiger partial charge in [0.2, 0.25) is 5.75 Å². The predicted octanol–water partition coefficient (Wildman–Crippen LogP) is 5.61. The minimum absolute atomic E-state index is 0.0566. The molecular weight excluding hydrogens is 412 g/mol. The molecule has 4 aromatic rings. The summed E-state index contributed by atoms with van der Waals surface area (Å²) >= 11 is 0. The molecule has 0 aliphatic carbocycles. The second kappa shape index (κ2) is 8.81. The van der Waals surface area contributed by atoms with Gasteiger partial charge < -0.3 is 18.6 Å². The summed E-state index contributed by atoms with van der Waals surface area (Å²) in [6.45, 7) is 0. The highest BCUT2D eigenvalue weighted by Crippen LogP contribution is 2.50. The molecule has 0 unspecified atom stereocenters. The van der Waals surface area contributed by atoms with Gasteiger partial charge in [0.1, 0.15) is 22.8 Å². The molecule has 0 saturated heterocycles. The maximum absolute atomic E-state index is 12.2. The number of nitrogens with zero attached hydrogens (tertiary/aromatic N) is 2. The third-order valence-electron chi connectivity index (χ3n) is 5.06. The number of benzene rings is 3. The van der Waals surface area contributed by atoms with Crippen molar-refractivity contribution >= 4 is 5.69 Å². The van der Waals surface area contributed by atoms with Crippen LogP contribution in [0.1, 0.15) is 0 Å². The number of aromatic nitrogens is 1. The van der Waals surface area contributed by atoms with E-state index in [1.807, 2.05) is 18.2 Å². The summed E-state index contributed by atoms with van der Waals surface area (Å²) in [6.07, 6.45) is 1.29. The Labute approximate surface area is 184 Å². The first-order valence-corrected chi connectivity index (χ1v) is 9.66. The van der Waals surface area contributed by atoms with Crippen LogP contribution in [0.4, 0.5) is 5.69 Å². The fraction of sp³-hybridized carbons (Fsp3) is 0.125. The first-order valence-electron chi connectivity index (χ1n) is 9.66. The molecular formula is C24H20N2O6. The predicted molar refractivity (Wildman–Crippen MR) is 119 cm³/mol. The Morgan fingerprint density at radius 3 is 2.22 bits per heavy atom. The molecule has 0 fully saturated rings. The van der Waals surface area contributed by atoms with E-state index in [0.29, 0.717) is 39.6 Å². The van der Waals surface area contributed by atoms with Gasteiger partial charge in [0.25, 0.3) is 0 Å². The van der Waals surface area contributed by atoms with Crippen LogP contribution in [0.5, 0.6) is 17.2 Å². The molecule has 1 heterocycles. The number of oxazole rings is 1. The van der Waals surface area contributed by atoms with E-state index in [1.54, 1.807) is 49.6 Å². The van der Waals surface area contributed by atoms with E-state index >= 15 is 0 Å². The van der Waals surface area contributed by atoms with Crippen molar-refractivity contribution in [3.8, 4) is 51.0 Å². The Hall–Kier alpha value is -4.33. The number of hydrogen-bond donors (Lipinski definition) is 0. The summed E-state index contributed by atoms with van der Waals surface area (Å²) < 4.78 is 22.0. The highest BCUT2D eigenvalue weighted by Gasteiger charge is 2.32. The van der Waals surface area contributed by atoms with Gasteiger partial charge in [-0.25, -0.2) is 4.98 Å². The smallest absolute Gasteiger partial charge is 0.323 e. The average Bonchev–Trinajstić information content (AvgIpc) is 3.32. The van der Waals surface area contributed by atoms with Gasteiger partial charge in [0.05, 0.1) is 31.8 Å². The van der Waals surface area contributed by atoms with E-state index in [2.05, 4.69) is 4.98 Å². The maximum Gasteiger partial charge on any atom is 0.323 e. The second-order valence-electron chi connectivity index (χ2n) is 6.76. The monoisotopic (exact) mass is 432 g/mol. The highest BCUT2D eigenvalue weighted by molar-refractivity contribution is 5.92. The molecule has 0 aliphatic heterocycles. The molecule has 0 saturated carbocycles. The molecule has 162 valence electrons. The van der Waals surface area contributed by atoms with Crippen molar-refractivity contribution in [1.82, 2.24) is 4.98 Å². The molecule has 8 heteroatoms. The Morgan fingerprint density at radius 1 is 0.906 bits per heavy atom. The molecule has 3 aromatic carbocycles. The molecule has 0 spiro atoms. The average molecular weight is 432 g/mol. The van der Waals surface area contributed by atoms with E-state index in [0.717, 1.165) is 5.56 Å². The maximum atomic E-state index is 12.2. The van der Waals surface area contributed by atoms with Crippen molar-refractivity contribution in [2.75, 3.05) is 21.3 Å². The minimum Gasteiger partial charge on any atom is -0.497 e. The zero-order valence-electron chi connectivity index (χ0n) is 17.7. The molecule has 4 rings (SSSR count). The summed E-state index contributed by atoms with van der Waals surface area (Å²) in [7, 11) is 4.43. The zero-order valence-corrected chi connectivity index (χ0v) is 17.7. The molecule has 8 nitrogen and oxygen atoms in total. The molecule has 1 aromatic heterocycles. The number of rotatable bonds is 7. The molecule has 32 heavy (non-hydrogen) atoms. The van der Waals surface area contributed by atoms with Gasteiger partial charge in [-0.2, -0.15) is 0 Å². The minimum atomic E-state index is -0.476. The highest BCUT2D eigenvalue weighted by atomic mass is 16.6. The fourth-order valence-electron chi connectivity index (χ4n) is 3.61. The Kier molecular flexibility index (Phi) is 5.76. The van der Waals surface area contributed by atoms with Crippen LogP contribution in [0.2, 0.25) is 0 Å². The lowest BCUT2D eigenvalue weighted by molar-refractivity contribution is -0.385. The summed E-state index contributed by atoms with van der Waals surface area (Å²) in [5.74, 6) is 1.39. The Morgan fingerprint density at radius 2 is 1.62 bits per heavy atom. The van der Waals surface area contributed by atoms with Crippen molar-refractivity contribution in [3.05, 3.63) is 77.2 Å². The van der Waals surface area contributed by atoms with Crippen LogP contribution >= 0.6 is 0 Å². The van der Waals surface area contributed by atoms with Crippen LogP contribution in [-0.4, -0.2) is 31.2 Å². The third-order valence-corrected chi connectivity index (χ3v) is 5.06. The number of ether oxygens (including phenoxy) is 3. The van der Waals surface area contributed by atoms with Crippen LogP contribution in [-0.2, 0) is 0 Å². The van der Waals surface area contributed by atoms with Crippen molar-refractivity contribution < 1.29 is 23.6 Å². The van der Waals surface area contributed by atoms with Gasteiger partial charge in [-0.1, -0.05) is 30.3 Å². The lowest BCUT2D eigenvalue weighted by Crippen LogP contribution is -2.01. The summed E-state index contributed by atoms with van der Waals surface area (Å²) in [4.78, 5) is 16.1. The number of nitro groups is 1. The zero-order chi connectivity index (χ0) is 22.7. The van der Waals surface area contributed by atoms with Crippen molar-refractivity contribution in [3.63, 3.8) is 0 Å². The van der Waals surface area contributed by atoms with Gasteiger partial charge in [-0.15, -0.1) is 0 Å². The second-order valence-corrected chi connectivity index (χ2v) is 6.76. The normalized spacial score (nSPS) is 10.6.